The lowest BCUT2D eigenvalue weighted by atomic mass is 9.99. The summed E-state index contributed by atoms with van der Waals surface area (Å²) in [5.74, 6) is 2.28. The van der Waals surface area contributed by atoms with Crippen molar-refractivity contribution in [3.8, 4) is 11.5 Å². The molecule has 1 aliphatic rings. The average molecular weight is 278 g/mol. The van der Waals surface area contributed by atoms with E-state index in [9.17, 15) is 0 Å². The molecule has 1 aliphatic heterocycles. The van der Waals surface area contributed by atoms with Crippen molar-refractivity contribution < 1.29 is 9.47 Å². The Morgan fingerprint density at radius 2 is 1.80 bits per heavy atom. The zero-order valence-electron chi connectivity index (χ0n) is 12.9. The van der Waals surface area contributed by atoms with Gasteiger partial charge in [0.05, 0.1) is 20.3 Å². The second kappa shape index (κ2) is 6.46. The standard InChI is InChI=1S/C16H26N2O2/c1-11(2)10-18-6-5-15(17)16(18)12-7-13(19-3)9-14(8-12)20-4/h7-9,11,15-16H,5-6,10,17H2,1-4H3. The number of hydrogen-bond acceptors (Lipinski definition) is 4. The van der Waals surface area contributed by atoms with Gasteiger partial charge in [-0.25, -0.2) is 0 Å². The highest BCUT2D eigenvalue weighted by molar-refractivity contribution is 5.40. The zero-order valence-corrected chi connectivity index (χ0v) is 12.9. The predicted molar refractivity (Wildman–Crippen MR) is 81.3 cm³/mol. The Morgan fingerprint density at radius 1 is 1.20 bits per heavy atom. The fraction of sp³-hybridized carbons (Fsp3) is 0.625. The van der Waals surface area contributed by atoms with Crippen LogP contribution in [-0.2, 0) is 0 Å². The van der Waals surface area contributed by atoms with Crippen LogP contribution in [0.2, 0.25) is 0 Å². The Kier molecular flexibility index (Phi) is 4.89. The van der Waals surface area contributed by atoms with Crippen molar-refractivity contribution in [3.63, 3.8) is 0 Å². The van der Waals surface area contributed by atoms with Crippen LogP contribution < -0.4 is 15.2 Å². The lowest BCUT2D eigenvalue weighted by Crippen LogP contribution is -2.33. The predicted octanol–water partition coefficient (Wildman–Crippen LogP) is 2.43. The summed E-state index contributed by atoms with van der Waals surface area (Å²) in [6, 6.07) is 6.47. The fourth-order valence-corrected chi connectivity index (χ4v) is 3.01. The molecule has 2 unspecified atom stereocenters. The summed E-state index contributed by atoms with van der Waals surface area (Å²) >= 11 is 0. The van der Waals surface area contributed by atoms with E-state index in [0.29, 0.717) is 5.92 Å². The summed E-state index contributed by atoms with van der Waals surface area (Å²) in [7, 11) is 3.36. The minimum absolute atomic E-state index is 0.172. The first-order valence-corrected chi connectivity index (χ1v) is 7.27. The molecule has 112 valence electrons. The van der Waals surface area contributed by atoms with Gasteiger partial charge in [0, 0.05) is 25.2 Å². The van der Waals surface area contributed by atoms with Gasteiger partial charge in [-0.3, -0.25) is 4.90 Å². The van der Waals surface area contributed by atoms with E-state index < -0.39 is 0 Å². The number of likely N-dealkylation sites (tertiary alicyclic amines) is 1. The summed E-state index contributed by atoms with van der Waals surface area (Å²) in [4.78, 5) is 2.48. The molecule has 1 heterocycles. The topological polar surface area (TPSA) is 47.7 Å². The number of rotatable bonds is 5. The van der Waals surface area contributed by atoms with Crippen molar-refractivity contribution >= 4 is 0 Å². The highest BCUT2D eigenvalue weighted by Gasteiger charge is 2.33. The molecule has 0 saturated carbocycles. The van der Waals surface area contributed by atoms with Gasteiger partial charge in [0.2, 0.25) is 0 Å². The molecule has 1 fully saturated rings. The van der Waals surface area contributed by atoms with Crippen molar-refractivity contribution in [2.45, 2.75) is 32.4 Å². The quantitative estimate of drug-likeness (QED) is 0.898. The number of nitrogens with two attached hydrogens (primary N) is 1. The van der Waals surface area contributed by atoms with Crippen LogP contribution in [0.15, 0.2) is 18.2 Å². The number of nitrogens with zero attached hydrogens (tertiary/aromatic N) is 1. The molecule has 0 bridgehead atoms. The Hall–Kier alpha value is -1.26. The van der Waals surface area contributed by atoms with Crippen LogP contribution in [0, 0.1) is 5.92 Å². The highest BCUT2D eigenvalue weighted by atomic mass is 16.5. The molecule has 0 amide bonds. The van der Waals surface area contributed by atoms with Gasteiger partial charge in [-0.2, -0.15) is 0 Å². The Morgan fingerprint density at radius 3 is 2.30 bits per heavy atom. The van der Waals surface area contributed by atoms with Gasteiger partial charge in [-0.05, 0) is 30.0 Å². The molecular weight excluding hydrogens is 252 g/mol. The number of benzene rings is 1. The number of ether oxygens (including phenoxy) is 2. The van der Waals surface area contributed by atoms with E-state index in [2.05, 4.69) is 30.9 Å². The van der Waals surface area contributed by atoms with Crippen LogP contribution in [0.3, 0.4) is 0 Å². The Balaban J connectivity index is 2.31. The van der Waals surface area contributed by atoms with Crippen LogP contribution in [0.1, 0.15) is 31.9 Å². The third kappa shape index (κ3) is 3.25. The first kappa shape index (κ1) is 15.1. The maximum atomic E-state index is 6.34. The second-order valence-corrected chi connectivity index (χ2v) is 5.93. The molecule has 0 aliphatic carbocycles. The Labute approximate surface area is 121 Å². The number of methoxy groups -OCH3 is 2. The lowest BCUT2D eigenvalue weighted by molar-refractivity contribution is 0.220. The van der Waals surface area contributed by atoms with Gasteiger partial charge in [-0.1, -0.05) is 13.8 Å². The molecule has 20 heavy (non-hydrogen) atoms. The summed E-state index contributed by atoms with van der Waals surface area (Å²) in [6.07, 6.45) is 1.04. The molecule has 0 spiro atoms. The van der Waals surface area contributed by atoms with Crippen molar-refractivity contribution in [3.05, 3.63) is 23.8 Å². The van der Waals surface area contributed by atoms with Gasteiger partial charge in [0.25, 0.3) is 0 Å². The normalized spacial score (nSPS) is 23.3. The van der Waals surface area contributed by atoms with Crippen LogP contribution in [-0.4, -0.2) is 38.3 Å². The van der Waals surface area contributed by atoms with Gasteiger partial charge in [0.15, 0.2) is 0 Å². The van der Waals surface area contributed by atoms with E-state index >= 15 is 0 Å². The van der Waals surface area contributed by atoms with E-state index in [1.54, 1.807) is 14.2 Å². The smallest absolute Gasteiger partial charge is 0.122 e. The largest absolute Gasteiger partial charge is 0.497 e. The molecule has 4 heteroatoms. The van der Waals surface area contributed by atoms with Gasteiger partial charge < -0.3 is 15.2 Å². The summed E-state index contributed by atoms with van der Waals surface area (Å²) in [6.45, 7) is 6.61. The SMILES string of the molecule is COc1cc(OC)cc(C2C(N)CCN2CC(C)C)c1. The maximum Gasteiger partial charge on any atom is 0.122 e. The summed E-state index contributed by atoms with van der Waals surface area (Å²) in [5, 5.41) is 0. The van der Waals surface area contributed by atoms with Gasteiger partial charge in [-0.15, -0.1) is 0 Å². The molecule has 2 rings (SSSR count). The van der Waals surface area contributed by atoms with Crippen molar-refractivity contribution in [2.24, 2.45) is 11.7 Å². The van der Waals surface area contributed by atoms with E-state index in [1.807, 2.05) is 6.07 Å². The van der Waals surface area contributed by atoms with Crippen LogP contribution >= 0.6 is 0 Å². The van der Waals surface area contributed by atoms with Crippen LogP contribution in [0.4, 0.5) is 0 Å². The van der Waals surface area contributed by atoms with Crippen molar-refractivity contribution in [1.29, 1.82) is 0 Å². The minimum atomic E-state index is 0.172. The van der Waals surface area contributed by atoms with E-state index in [1.165, 1.54) is 5.56 Å². The van der Waals surface area contributed by atoms with E-state index in [0.717, 1.165) is 31.0 Å². The second-order valence-electron chi connectivity index (χ2n) is 5.93. The third-order valence-corrected chi connectivity index (χ3v) is 3.86. The van der Waals surface area contributed by atoms with E-state index in [-0.39, 0.29) is 12.1 Å². The molecule has 1 aromatic carbocycles. The van der Waals surface area contributed by atoms with Crippen LogP contribution in [0.25, 0.3) is 0 Å². The molecule has 1 aromatic rings. The monoisotopic (exact) mass is 278 g/mol. The number of hydrogen-bond donors (Lipinski definition) is 1. The molecule has 2 N–H and O–H groups in total. The lowest BCUT2D eigenvalue weighted by Gasteiger charge is -2.29. The van der Waals surface area contributed by atoms with Crippen LogP contribution in [0.5, 0.6) is 11.5 Å². The first-order valence-electron chi connectivity index (χ1n) is 7.27. The Bertz CT molecular complexity index is 426. The average Bonchev–Trinajstić information content (AvgIpc) is 2.78. The van der Waals surface area contributed by atoms with Gasteiger partial charge in [0.1, 0.15) is 11.5 Å². The summed E-state index contributed by atoms with van der Waals surface area (Å²) < 4.78 is 10.7. The minimum Gasteiger partial charge on any atom is -0.497 e. The molecule has 4 nitrogen and oxygen atoms in total. The molecule has 1 saturated heterocycles. The molecular formula is C16H26N2O2. The third-order valence-electron chi connectivity index (χ3n) is 3.86. The summed E-state index contributed by atoms with van der Waals surface area (Å²) in [5.41, 5.74) is 7.52. The maximum absolute atomic E-state index is 6.34. The first-order chi connectivity index (χ1) is 9.55. The van der Waals surface area contributed by atoms with E-state index in [4.69, 9.17) is 15.2 Å². The fourth-order valence-electron chi connectivity index (χ4n) is 3.01. The van der Waals surface area contributed by atoms with Gasteiger partial charge >= 0.3 is 0 Å². The van der Waals surface area contributed by atoms with Crippen molar-refractivity contribution in [2.75, 3.05) is 27.3 Å². The molecule has 0 aromatic heterocycles. The molecule has 2 atom stereocenters. The van der Waals surface area contributed by atoms with Crippen molar-refractivity contribution in [1.82, 2.24) is 4.90 Å². The zero-order chi connectivity index (χ0) is 14.7. The molecule has 0 radical (unpaired) electrons. The highest BCUT2D eigenvalue weighted by Crippen LogP contribution is 2.35.